The Labute approximate surface area is 81.5 Å². The third-order valence-electron chi connectivity index (χ3n) is 4.75. The van der Waals surface area contributed by atoms with Gasteiger partial charge in [-0.25, -0.2) is 0 Å². The van der Waals surface area contributed by atoms with Gasteiger partial charge in [0.15, 0.2) is 0 Å². The molecule has 4 unspecified atom stereocenters. The first-order chi connectivity index (χ1) is 6.24. The largest absolute Gasteiger partial charge is 0.300 e. The van der Waals surface area contributed by atoms with Crippen molar-refractivity contribution in [2.24, 2.45) is 23.7 Å². The van der Waals surface area contributed by atoms with Crippen molar-refractivity contribution in [2.75, 3.05) is 13.1 Å². The van der Waals surface area contributed by atoms with E-state index in [1.54, 1.807) is 19.3 Å². The van der Waals surface area contributed by atoms with Gasteiger partial charge in [-0.1, -0.05) is 0 Å². The third kappa shape index (κ3) is 1.16. The molecule has 3 aliphatic rings. The minimum atomic E-state index is 0.776. The third-order valence-corrected chi connectivity index (χ3v) is 4.75. The molecule has 3 rings (SSSR count). The molecule has 1 nitrogen and oxygen atoms in total. The van der Waals surface area contributed by atoms with Crippen LogP contribution in [-0.4, -0.2) is 24.0 Å². The molecule has 2 saturated carbocycles. The Balaban J connectivity index is 1.77. The maximum Gasteiger partial charge on any atom is 0.00388 e. The number of hydrogen-bond acceptors (Lipinski definition) is 1. The van der Waals surface area contributed by atoms with Crippen LogP contribution in [0, 0.1) is 23.7 Å². The molecule has 0 aromatic heterocycles. The van der Waals surface area contributed by atoms with Gasteiger partial charge in [-0.2, -0.15) is 0 Å². The van der Waals surface area contributed by atoms with Gasteiger partial charge in [0, 0.05) is 19.1 Å². The summed E-state index contributed by atoms with van der Waals surface area (Å²) in [4.78, 5) is 2.73. The highest BCUT2D eigenvalue weighted by molar-refractivity contribution is 5.01. The van der Waals surface area contributed by atoms with E-state index < -0.39 is 0 Å². The zero-order valence-electron chi connectivity index (χ0n) is 8.87. The lowest BCUT2D eigenvalue weighted by Gasteiger charge is -2.44. The molecule has 4 atom stereocenters. The van der Waals surface area contributed by atoms with Crippen molar-refractivity contribution < 1.29 is 0 Å². The van der Waals surface area contributed by atoms with Crippen molar-refractivity contribution in [3.8, 4) is 0 Å². The number of fused-ring (bicyclic) bond motifs is 1. The van der Waals surface area contributed by atoms with Crippen LogP contribution in [0.3, 0.4) is 0 Å². The van der Waals surface area contributed by atoms with E-state index in [-0.39, 0.29) is 0 Å². The zero-order chi connectivity index (χ0) is 9.00. The summed E-state index contributed by atoms with van der Waals surface area (Å²) in [7, 11) is 0. The molecule has 0 radical (unpaired) electrons. The smallest absolute Gasteiger partial charge is 0.00388 e. The van der Waals surface area contributed by atoms with Crippen molar-refractivity contribution in [3.63, 3.8) is 0 Å². The SMILES string of the molecule is CC(C)N1CC2CC3CC(C1)C3C2. The molecular weight excluding hydrogens is 158 g/mol. The van der Waals surface area contributed by atoms with Crippen LogP contribution < -0.4 is 0 Å². The molecule has 1 aliphatic heterocycles. The van der Waals surface area contributed by atoms with Gasteiger partial charge in [0.2, 0.25) is 0 Å². The van der Waals surface area contributed by atoms with Crippen LogP contribution in [0.4, 0.5) is 0 Å². The second kappa shape index (κ2) is 2.73. The van der Waals surface area contributed by atoms with E-state index in [4.69, 9.17) is 0 Å². The number of nitrogens with zero attached hydrogens (tertiary/aromatic N) is 1. The highest BCUT2D eigenvalue weighted by atomic mass is 15.2. The molecule has 13 heavy (non-hydrogen) atoms. The van der Waals surface area contributed by atoms with Crippen LogP contribution in [0.5, 0.6) is 0 Å². The summed E-state index contributed by atoms with van der Waals surface area (Å²) in [6, 6.07) is 0.776. The van der Waals surface area contributed by atoms with Crippen molar-refractivity contribution in [3.05, 3.63) is 0 Å². The normalized spacial score (nSPS) is 49.2. The van der Waals surface area contributed by atoms with Gasteiger partial charge in [0.25, 0.3) is 0 Å². The Bertz CT molecular complexity index is 207. The van der Waals surface area contributed by atoms with E-state index in [9.17, 15) is 0 Å². The zero-order valence-corrected chi connectivity index (χ0v) is 8.87. The first-order valence-corrected chi connectivity index (χ1v) is 5.98. The van der Waals surface area contributed by atoms with Crippen LogP contribution in [0.2, 0.25) is 0 Å². The molecule has 2 aliphatic carbocycles. The highest BCUT2D eigenvalue weighted by Gasteiger charge is 2.50. The number of hydrogen-bond donors (Lipinski definition) is 0. The minimum absolute atomic E-state index is 0.776. The minimum Gasteiger partial charge on any atom is -0.300 e. The standard InChI is InChI=1S/C12H21N/c1-8(2)13-6-9-3-10-5-11(7-13)12(10)4-9/h8-12H,3-7H2,1-2H3. The van der Waals surface area contributed by atoms with Crippen LogP contribution in [0.15, 0.2) is 0 Å². The van der Waals surface area contributed by atoms with Gasteiger partial charge >= 0.3 is 0 Å². The summed E-state index contributed by atoms with van der Waals surface area (Å²) in [6.07, 6.45) is 4.69. The van der Waals surface area contributed by atoms with E-state index in [0.29, 0.717) is 0 Å². The molecule has 74 valence electrons. The molecule has 1 heterocycles. The van der Waals surface area contributed by atoms with E-state index in [1.807, 2.05) is 0 Å². The molecule has 0 spiro atoms. The van der Waals surface area contributed by atoms with Gasteiger partial charge in [-0.3, -0.25) is 0 Å². The molecular formula is C12H21N. The lowest BCUT2D eigenvalue weighted by atomic mass is 9.66. The van der Waals surface area contributed by atoms with Gasteiger partial charge in [-0.05, 0) is 56.8 Å². The predicted molar refractivity (Wildman–Crippen MR) is 54.5 cm³/mol. The van der Waals surface area contributed by atoms with Crippen molar-refractivity contribution >= 4 is 0 Å². The van der Waals surface area contributed by atoms with Crippen molar-refractivity contribution in [1.29, 1.82) is 0 Å². The van der Waals surface area contributed by atoms with E-state index in [2.05, 4.69) is 18.7 Å². The second-order valence-electron chi connectivity index (χ2n) is 5.80. The monoisotopic (exact) mass is 179 g/mol. The van der Waals surface area contributed by atoms with E-state index in [0.717, 1.165) is 29.7 Å². The fraction of sp³-hybridized carbons (Fsp3) is 1.00. The average Bonchev–Trinajstić information content (AvgIpc) is 2.21. The van der Waals surface area contributed by atoms with Gasteiger partial charge in [0.05, 0.1) is 0 Å². The van der Waals surface area contributed by atoms with Crippen LogP contribution in [0.25, 0.3) is 0 Å². The maximum absolute atomic E-state index is 2.73. The Morgan fingerprint density at radius 2 is 1.85 bits per heavy atom. The van der Waals surface area contributed by atoms with Crippen LogP contribution in [-0.2, 0) is 0 Å². The number of likely N-dealkylation sites (tertiary alicyclic amines) is 1. The van der Waals surface area contributed by atoms with Gasteiger partial charge in [-0.15, -0.1) is 0 Å². The molecule has 0 amide bonds. The highest BCUT2D eigenvalue weighted by Crippen LogP contribution is 2.55. The molecule has 3 fully saturated rings. The summed E-state index contributed by atoms with van der Waals surface area (Å²) in [5.41, 5.74) is 0. The Hall–Kier alpha value is -0.0400. The first-order valence-electron chi connectivity index (χ1n) is 5.98. The summed E-state index contributed by atoms with van der Waals surface area (Å²) in [5.74, 6) is 4.45. The molecule has 1 saturated heterocycles. The second-order valence-corrected chi connectivity index (χ2v) is 5.80. The Morgan fingerprint density at radius 3 is 2.62 bits per heavy atom. The van der Waals surface area contributed by atoms with Crippen molar-refractivity contribution in [2.45, 2.75) is 39.2 Å². The molecule has 1 heteroatoms. The lowest BCUT2D eigenvalue weighted by Crippen LogP contribution is -2.44. The summed E-state index contributed by atoms with van der Waals surface area (Å²) in [6.45, 7) is 7.53. The van der Waals surface area contributed by atoms with E-state index >= 15 is 0 Å². The maximum atomic E-state index is 2.73. The Morgan fingerprint density at radius 1 is 1.00 bits per heavy atom. The Kier molecular flexibility index (Phi) is 1.74. The summed E-state index contributed by atoms with van der Waals surface area (Å²) >= 11 is 0. The fourth-order valence-electron chi connectivity index (χ4n) is 3.98. The topological polar surface area (TPSA) is 3.24 Å². The lowest BCUT2D eigenvalue weighted by molar-refractivity contribution is 0.0474. The van der Waals surface area contributed by atoms with Crippen LogP contribution in [0.1, 0.15) is 33.1 Å². The quantitative estimate of drug-likeness (QED) is 0.597. The van der Waals surface area contributed by atoms with Gasteiger partial charge < -0.3 is 4.90 Å². The number of rotatable bonds is 1. The average molecular weight is 179 g/mol. The predicted octanol–water partition coefficient (Wildman–Crippen LogP) is 2.37. The summed E-state index contributed by atoms with van der Waals surface area (Å²) < 4.78 is 0. The van der Waals surface area contributed by atoms with Gasteiger partial charge in [0.1, 0.15) is 0 Å². The van der Waals surface area contributed by atoms with E-state index in [1.165, 1.54) is 13.1 Å². The fourth-order valence-corrected chi connectivity index (χ4v) is 3.98. The first kappa shape index (κ1) is 8.28. The molecule has 2 bridgehead atoms. The van der Waals surface area contributed by atoms with Crippen molar-refractivity contribution in [1.82, 2.24) is 4.90 Å². The van der Waals surface area contributed by atoms with Crippen LogP contribution >= 0.6 is 0 Å². The summed E-state index contributed by atoms with van der Waals surface area (Å²) in [5, 5.41) is 0. The molecule has 0 aromatic rings. The molecule has 0 aromatic carbocycles. The molecule has 0 N–H and O–H groups in total.